The minimum atomic E-state index is -0.384. The number of hydrogen-bond acceptors (Lipinski definition) is 2. The Balaban J connectivity index is 1.48. The molecular formula is C33H32BNO2. The number of aromatic nitrogens is 1. The van der Waals surface area contributed by atoms with Crippen LogP contribution in [0.1, 0.15) is 52.7 Å². The van der Waals surface area contributed by atoms with Crippen LogP contribution in [0.15, 0.2) is 84.9 Å². The van der Waals surface area contributed by atoms with Crippen LogP contribution in [0.4, 0.5) is 0 Å². The highest BCUT2D eigenvalue weighted by atomic mass is 16.7. The van der Waals surface area contributed by atoms with Crippen LogP contribution >= 0.6 is 0 Å². The number of hydrogen-bond donors (Lipinski definition) is 0. The zero-order chi connectivity index (χ0) is 25.7. The van der Waals surface area contributed by atoms with E-state index >= 15 is 0 Å². The van der Waals surface area contributed by atoms with Gasteiger partial charge >= 0.3 is 7.12 Å². The summed E-state index contributed by atoms with van der Waals surface area (Å²) in [5.41, 5.74) is 9.34. The first kappa shape index (κ1) is 22.8. The van der Waals surface area contributed by atoms with Crippen LogP contribution in [0.2, 0.25) is 0 Å². The number of para-hydroxylation sites is 1. The molecule has 2 aliphatic rings. The van der Waals surface area contributed by atoms with E-state index in [1.807, 2.05) is 0 Å². The average molecular weight is 485 g/mol. The van der Waals surface area contributed by atoms with E-state index in [4.69, 9.17) is 9.31 Å². The van der Waals surface area contributed by atoms with E-state index in [2.05, 4.69) is 131 Å². The molecule has 0 saturated carbocycles. The lowest BCUT2D eigenvalue weighted by molar-refractivity contribution is 0.00578. The molecule has 0 N–H and O–H groups in total. The van der Waals surface area contributed by atoms with E-state index < -0.39 is 0 Å². The summed E-state index contributed by atoms with van der Waals surface area (Å²) >= 11 is 0. The van der Waals surface area contributed by atoms with Gasteiger partial charge in [0.15, 0.2) is 0 Å². The van der Waals surface area contributed by atoms with Crippen LogP contribution in [-0.4, -0.2) is 22.9 Å². The topological polar surface area (TPSA) is 23.4 Å². The molecule has 0 radical (unpaired) electrons. The molecular weight excluding hydrogens is 453 g/mol. The molecule has 1 aliphatic carbocycles. The largest absolute Gasteiger partial charge is 0.494 e. The van der Waals surface area contributed by atoms with E-state index in [0.717, 1.165) is 5.46 Å². The molecule has 3 nitrogen and oxygen atoms in total. The predicted molar refractivity (Wildman–Crippen MR) is 154 cm³/mol. The number of fused-ring (bicyclic) bond motifs is 6. The molecule has 5 aromatic rings. The van der Waals surface area contributed by atoms with Gasteiger partial charge < -0.3 is 13.9 Å². The Labute approximate surface area is 219 Å². The van der Waals surface area contributed by atoms with Gasteiger partial charge in [0.2, 0.25) is 0 Å². The van der Waals surface area contributed by atoms with Gasteiger partial charge in [-0.1, -0.05) is 80.6 Å². The maximum Gasteiger partial charge on any atom is 0.494 e. The Hall–Kier alpha value is -3.34. The number of rotatable bonds is 2. The average Bonchev–Trinajstić information content (AvgIpc) is 3.41. The molecule has 0 atom stereocenters. The summed E-state index contributed by atoms with van der Waals surface area (Å²) in [5.74, 6) is 0. The number of benzene rings is 4. The highest BCUT2D eigenvalue weighted by molar-refractivity contribution is 6.62. The van der Waals surface area contributed by atoms with Crippen molar-refractivity contribution in [1.82, 2.24) is 4.57 Å². The summed E-state index contributed by atoms with van der Waals surface area (Å²) in [6, 6.07) is 31.0. The Morgan fingerprint density at radius 1 is 0.622 bits per heavy atom. The van der Waals surface area contributed by atoms with Gasteiger partial charge in [0, 0.05) is 21.8 Å². The zero-order valence-electron chi connectivity index (χ0n) is 22.4. The molecule has 2 heterocycles. The fourth-order valence-electron chi connectivity index (χ4n) is 6.30. The molecule has 4 aromatic carbocycles. The lowest BCUT2D eigenvalue weighted by Gasteiger charge is -2.32. The zero-order valence-corrected chi connectivity index (χ0v) is 22.4. The first-order valence-electron chi connectivity index (χ1n) is 13.2. The fraction of sp³-hybridized carbons (Fsp3) is 0.273. The van der Waals surface area contributed by atoms with E-state index in [1.165, 1.54) is 49.7 Å². The van der Waals surface area contributed by atoms with Crippen molar-refractivity contribution in [3.8, 4) is 16.8 Å². The van der Waals surface area contributed by atoms with E-state index in [0.29, 0.717) is 0 Å². The summed E-state index contributed by atoms with van der Waals surface area (Å²) < 4.78 is 15.2. The van der Waals surface area contributed by atoms with Crippen LogP contribution in [0.25, 0.3) is 38.6 Å². The van der Waals surface area contributed by atoms with Crippen molar-refractivity contribution < 1.29 is 9.31 Å². The lowest BCUT2D eigenvalue weighted by atomic mass is 9.78. The van der Waals surface area contributed by atoms with E-state index in [9.17, 15) is 0 Å². The van der Waals surface area contributed by atoms with Gasteiger partial charge in [-0.05, 0) is 68.0 Å². The van der Waals surface area contributed by atoms with Crippen molar-refractivity contribution in [2.75, 3.05) is 0 Å². The third-order valence-electron chi connectivity index (χ3n) is 9.05. The first-order valence-corrected chi connectivity index (χ1v) is 13.2. The van der Waals surface area contributed by atoms with Crippen molar-refractivity contribution in [2.24, 2.45) is 0 Å². The maximum absolute atomic E-state index is 6.40. The third-order valence-corrected chi connectivity index (χ3v) is 9.05. The molecule has 37 heavy (non-hydrogen) atoms. The second-order valence-corrected chi connectivity index (χ2v) is 12.1. The van der Waals surface area contributed by atoms with Gasteiger partial charge in [-0.15, -0.1) is 0 Å². The van der Waals surface area contributed by atoms with Gasteiger partial charge in [0.1, 0.15) is 0 Å². The van der Waals surface area contributed by atoms with Crippen LogP contribution < -0.4 is 5.46 Å². The fourth-order valence-corrected chi connectivity index (χ4v) is 6.30. The normalized spacial score (nSPS) is 18.9. The second-order valence-electron chi connectivity index (χ2n) is 12.1. The van der Waals surface area contributed by atoms with Gasteiger partial charge in [-0.2, -0.15) is 0 Å². The van der Waals surface area contributed by atoms with Gasteiger partial charge in [-0.3, -0.25) is 0 Å². The minimum Gasteiger partial charge on any atom is -0.399 e. The molecule has 184 valence electrons. The smallest absolute Gasteiger partial charge is 0.399 e. The molecule has 7 rings (SSSR count). The highest BCUT2D eigenvalue weighted by Crippen LogP contribution is 2.51. The molecule has 0 bridgehead atoms. The van der Waals surface area contributed by atoms with E-state index in [1.54, 1.807) is 0 Å². The quantitative estimate of drug-likeness (QED) is 0.244. The standard InChI is InChI=1S/C33H32BNO2/c1-31(2)25-14-9-7-13-23(25)30-26(31)15-11-17-29(30)35-27-16-10-8-12-22(27)24-20-21(18-19-28(24)35)34-36-32(3,4)33(5,6)37-34/h7-20H,1-6H3. The van der Waals surface area contributed by atoms with Crippen molar-refractivity contribution in [3.63, 3.8) is 0 Å². The van der Waals surface area contributed by atoms with Crippen molar-refractivity contribution in [3.05, 3.63) is 96.1 Å². The molecule has 0 spiro atoms. The molecule has 0 amide bonds. The minimum absolute atomic E-state index is 0.0371. The Kier molecular flexibility index (Phi) is 4.55. The van der Waals surface area contributed by atoms with Crippen molar-refractivity contribution in [1.29, 1.82) is 0 Å². The third kappa shape index (κ3) is 3.03. The lowest BCUT2D eigenvalue weighted by Crippen LogP contribution is -2.41. The van der Waals surface area contributed by atoms with Gasteiger partial charge in [0.05, 0.1) is 27.9 Å². The summed E-state index contributed by atoms with van der Waals surface area (Å²) in [7, 11) is -0.384. The molecule has 1 saturated heterocycles. The van der Waals surface area contributed by atoms with Gasteiger partial charge in [0.25, 0.3) is 0 Å². The molecule has 4 heteroatoms. The predicted octanol–water partition coefficient (Wildman–Crippen LogP) is 7.39. The second kappa shape index (κ2) is 7.37. The van der Waals surface area contributed by atoms with Gasteiger partial charge in [-0.25, -0.2) is 0 Å². The summed E-state index contributed by atoms with van der Waals surface area (Å²) in [6.07, 6.45) is 0. The van der Waals surface area contributed by atoms with Crippen LogP contribution in [0.3, 0.4) is 0 Å². The summed E-state index contributed by atoms with van der Waals surface area (Å²) in [5, 5.41) is 2.45. The van der Waals surface area contributed by atoms with Crippen LogP contribution in [-0.2, 0) is 14.7 Å². The Morgan fingerprint density at radius 3 is 2.05 bits per heavy atom. The Bertz CT molecular complexity index is 1710. The van der Waals surface area contributed by atoms with Crippen molar-refractivity contribution in [2.45, 2.75) is 58.2 Å². The first-order chi connectivity index (χ1) is 17.6. The van der Waals surface area contributed by atoms with E-state index in [-0.39, 0.29) is 23.7 Å². The highest BCUT2D eigenvalue weighted by Gasteiger charge is 2.51. The number of nitrogens with zero attached hydrogens (tertiary/aromatic N) is 1. The molecule has 1 aliphatic heterocycles. The van der Waals surface area contributed by atoms with Crippen LogP contribution in [0, 0.1) is 0 Å². The Morgan fingerprint density at radius 2 is 1.27 bits per heavy atom. The molecule has 1 aromatic heterocycles. The summed E-state index contributed by atoms with van der Waals surface area (Å²) in [6.45, 7) is 13.1. The summed E-state index contributed by atoms with van der Waals surface area (Å²) in [4.78, 5) is 0. The monoisotopic (exact) mass is 485 g/mol. The van der Waals surface area contributed by atoms with Crippen molar-refractivity contribution >= 4 is 34.4 Å². The molecule has 1 fully saturated rings. The maximum atomic E-state index is 6.40. The SMILES string of the molecule is CC1(C)c2ccccc2-c2c(-n3c4ccccc4c4cc(B5OC(C)(C)C(C)(C)O5)ccc43)cccc21. The van der Waals surface area contributed by atoms with Crippen LogP contribution in [0.5, 0.6) is 0 Å². The molecule has 0 unspecified atom stereocenters.